The molecule has 0 aliphatic rings. The number of hydrogen-bond donors (Lipinski definition) is 0. The lowest BCUT2D eigenvalue weighted by Crippen LogP contribution is -1.91. The zero-order valence-electron chi connectivity index (χ0n) is 3.04. The molecule has 0 bridgehead atoms. The molecule has 0 unspecified atom stereocenters. The zero-order chi connectivity index (χ0) is 4.50. The Morgan fingerprint density at radius 1 is 1.40 bits per heavy atom. The van der Waals surface area contributed by atoms with Gasteiger partial charge in [0, 0.05) is 10.4 Å². The summed E-state index contributed by atoms with van der Waals surface area (Å²) in [5.41, 5.74) is 0. The highest BCUT2D eigenvalue weighted by Gasteiger charge is 1.49. The Bertz CT molecular complexity index is 90.7. The van der Waals surface area contributed by atoms with E-state index in [0.717, 1.165) is 0 Å². The van der Waals surface area contributed by atoms with Crippen molar-refractivity contribution in [2.45, 2.75) is 0 Å². The van der Waals surface area contributed by atoms with E-state index in [9.17, 15) is 0 Å². The summed E-state index contributed by atoms with van der Waals surface area (Å²) in [6, 6.07) is 0. The van der Waals surface area contributed by atoms with Crippen LogP contribution in [0, 0.1) is 0 Å². The van der Waals surface area contributed by atoms with E-state index in [4.69, 9.17) is 17.5 Å². The SMILES string of the molecule is O=S(=O)([O-])[O-].[H-]. The van der Waals surface area contributed by atoms with Crippen LogP contribution in [0.15, 0.2) is 0 Å². The smallest absolute Gasteiger partial charge is 0.0311 e. The van der Waals surface area contributed by atoms with Crippen molar-refractivity contribution in [3.63, 3.8) is 0 Å². The Morgan fingerprint density at radius 3 is 1.40 bits per heavy atom. The molecule has 0 saturated heterocycles. The van der Waals surface area contributed by atoms with Gasteiger partial charge >= 0.3 is 0 Å². The van der Waals surface area contributed by atoms with Gasteiger partial charge in [-0.25, -0.2) is 0 Å². The standard InChI is InChI=1S/H2O4S.H/c1-5(2,3)4;/h(H2,1,2,3,4);/q;-1/p-2. The van der Waals surface area contributed by atoms with Crippen molar-refractivity contribution in [3.05, 3.63) is 0 Å². The summed E-state index contributed by atoms with van der Waals surface area (Å²) < 4.78 is 34.1. The molecule has 0 aromatic rings. The molecule has 34 valence electrons. The lowest BCUT2D eigenvalue weighted by atomic mass is 15.8. The lowest BCUT2D eigenvalue weighted by molar-refractivity contribution is 0.352. The third-order valence-corrected chi connectivity index (χ3v) is 0. The van der Waals surface area contributed by atoms with E-state index in [1.807, 2.05) is 0 Å². The second-order valence-electron chi connectivity index (χ2n) is 0.408. The van der Waals surface area contributed by atoms with Crippen LogP contribution >= 0.6 is 0 Å². The van der Waals surface area contributed by atoms with Gasteiger partial charge in [-0.2, -0.15) is 0 Å². The third kappa shape index (κ3) is 801. The van der Waals surface area contributed by atoms with E-state index in [2.05, 4.69) is 0 Å². The summed E-state index contributed by atoms with van der Waals surface area (Å²) in [4.78, 5) is 0. The molecular weight excluding hydrogens is 96.1 g/mol. The van der Waals surface area contributed by atoms with Crippen LogP contribution in [0.3, 0.4) is 0 Å². The van der Waals surface area contributed by atoms with E-state index in [0.29, 0.717) is 0 Å². The first-order chi connectivity index (χ1) is 2.00. The van der Waals surface area contributed by atoms with Crippen molar-refractivity contribution in [2.75, 3.05) is 0 Å². The molecule has 0 saturated carbocycles. The van der Waals surface area contributed by atoms with Crippen LogP contribution in [0.25, 0.3) is 0 Å². The normalized spacial score (nSPS) is 11.6. The Hall–Kier alpha value is -0.130. The highest BCUT2D eigenvalue weighted by Crippen LogP contribution is 1.57. The third-order valence-electron chi connectivity index (χ3n) is 0. The Kier molecular flexibility index (Phi) is 0.901. The van der Waals surface area contributed by atoms with E-state index in [1.165, 1.54) is 0 Å². The highest BCUT2D eigenvalue weighted by atomic mass is 32.3. The minimum Gasteiger partial charge on any atom is -1.00 e. The van der Waals surface area contributed by atoms with Crippen molar-refractivity contribution in [2.24, 2.45) is 0 Å². The minimum atomic E-state index is -5.17. The van der Waals surface area contributed by atoms with Crippen LogP contribution < -0.4 is 0 Å². The van der Waals surface area contributed by atoms with Gasteiger partial charge < -0.3 is 10.5 Å². The van der Waals surface area contributed by atoms with Gasteiger partial charge in [-0.05, 0) is 0 Å². The number of rotatable bonds is 0. The Morgan fingerprint density at radius 2 is 1.40 bits per heavy atom. The molecule has 0 radical (unpaired) electrons. The summed E-state index contributed by atoms with van der Waals surface area (Å²) in [5, 5.41) is 0. The van der Waals surface area contributed by atoms with Crippen molar-refractivity contribution in [1.82, 2.24) is 0 Å². The first-order valence-electron chi connectivity index (χ1n) is 0.667. The van der Waals surface area contributed by atoms with Gasteiger partial charge in [-0.15, -0.1) is 0 Å². The maximum absolute atomic E-state index is 8.52. The van der Waals surface area contributed by atoms with Crippen molar-refractivity contribution in [1.29, 1.82) is 0 Å². The second kappa shape index (κ2) is 0.925. The fourth-order valence-electron chi connectivity index (χ4n) is 0. The van der Waals surface area contributed by atoms with E-state index < -0.39 is 10.4 Å². The predicted octanol–water partition coefficient (Wildman–Crippen LogP) is -1.23. The molecule has 4 nitrogen and oxygen atoms in total. The molecule has 5 heteroatoms. The van der Waals surface area contributed by atoms with Gasteiger partial charge in [0.05, 0.1) is 0 Å². The molecule has 0 aromatic heterocycles. The van der Waals surface area contributed by atoms with Gasteiger partial charge in [-0.3, -0.25) is 8.42 Å². The molecule has 0 heterocycles. The van der Waals surface area contributed by atoms with Crippen LogP contribution in [-0.4, -0.2) is 17.5 Å². The molecule has 0 aliphatic heterocycles. The average Bonchev–Trinajstić information content (AvgIpc) is 0.722. The van der Waals surface area contributed by atoms with E-state index in [-0.39, 0.29) is 1.43 Å². The summed E-state index contributed by atoms with van der Waals surface area (Å²) in [7, 11) is -5.17. The van der Waals surface area contributed by atoms with Crippen molar-refractivity contribution >= 4 is 10.4 Å². The van der Waals surface area contributed by atoms with Gasteiger partial charge in [-0.1, -0.05) is 0 Å². The van der Waals surface area contributed by atoms with Crippen LogP contribution in [0.1, 0.15) is 1.43 Å². The summed E-state index contributed by atoms with van der Waals surface area (Å²) >= 11 is 0. The first-order valence-corrected chi connectivity index (χ1v) is 2.00. The molecule has 5 heavy (non-hydrogen) atoms. The monoisotopic (exact) mass is 97.0 g/mol. The van der Waals surface area contributed by atoms with E-state index in [1.54, 1.807) is 0 Å². The summed E-state index contributed by atoms with van der Waals surface area (Å²) in [6.07, 6.45) is 0. The fraction of sp³-hybridized carbons (Fsp3) is 0. The molecule has 0 aliphatic carbocycles. The molecule has 0 amide bonds. The second-order valence-corrected chi connectivity index (χ2v) is 1.22. The molecule has 0 atom stereocenters. The molecule has 0 spiro atoms. The fourth-order valence-corrected chi connectivity index (χ4v) is 0. The number of hydrogen-bond acceptors (Lipinski definition) is 4. The molecule has 0 rings (SSSR count). The van der Waals surface area contributed by atoms with Gasteiger partial charge in [0.2, 0.25) is 0 Å². The topological polar surface area (TPSA) is 80.3 Å². The molecular formula is HO4S-3. The van der Waals surface area contributed by atoms with Crippen LogP contribution in [-0.2, 0) is 10.4 Å². The average molecular weight is 97.1 g/mol. The Labute approximate surface area is 30.5 Å². The van der Waals surface area contributed by atoms with Crippen LogP contribution in [0.5, 0.6) is 0 Å². The predicted molar refractivity (Wildman–Crippen MR) is 11.6 cm³/mol. The molecule has 0 aromatic carbocycles. The minimum absolute atomic E-state index is 0. The zero-order valence-corrected chi connectivity index (χ0v) is 2.86. The quantitative estimate of drug-likeness (QED) is 0.280. The highest BCUT2D eigenvalue weighted by molar-refractivity contribution is 7.79. The maximum Gasteiger partial charge on any atom is 0.0311 e. The van der Waals surface area contributed by atoms with Crippen LogP contribution in [0.4, 0.5) is 0 Å². The Balaban J connectivity index is 0. The summed E-state index contributed by atoms with van der Waals surface area (Å²) in [5.74, 6) is 0. The van der Waals surface area contributed by atoms with Gasteiger partial charge in [0.25, 0.3) is 0 Å². The largest absolute Gasteiger partial charge is 1.00 e. The maximum atomic E-state index is 8.52. The van der Waals surface area contributed by atoms with E-state index >= 15 is 0 Å². The van der Waals surface area contributed by atoms with Crippen LogP contribution in [0.2, 0.25) is 0 Å². The van der Waals surface area contributed by atoms with Gasteiger partial charge in [0.1, 0.15) is 0 Å². The first kappa shape index (κ1) is 4.87. The van der Waals surface area contributed by atoms with Crippen molar-refractivity contribution in [3.8, 4) is 0 Å². The molecule has 0 N–H and O–H groups in total. The van der Waals surface area contributed by atoms with Crippen molar-refractivity contribution < 1.29 is 18.9 Å². The lowest BCUT2D eigenvalue weighted by Gasteiger charge is -2.06. The van der Waals surface area contributed by atoms with Gasteiger partial charge in [0.15, 0.2) is 0 Å². The molecule has 0 fully saturated rings. The summed E-state index contributed by atoms with van der Waals surface area (Å²) in [6.45, 7) is 0.